The van der Waals surface area contributed by atoms with Gasteiger partial charge >= 0.3 is 5.97 Å². The Hall–Kier alpha value is -2.15. The van der Waals surface area contributed by atoms with Crippen LogP contribution in [0.4, 0.5) is 0 Å². The van der Waals surface area contributed by atoms with Crippen molar-refractivity contribution in [1.82, 2.24) is 14.6 Å². The molecule has 0 aliphatic heterocycles. The summed E-state index contributed by atoms with van der Waals surface area (Å²) in [5.74, 6) is 1.40. The Kier molecular flexibility index (Phi) is 5.04. The normalized spacial score (nSPS) is 23.1. The molecular weight excluding hydrogens is 362 g/mol. The Labute approximate surface area is 162 Å². The second-order valence-corrected chi connectivity index (χ2v) is 8.59. The molecule has 1 aliphatic rings. The van der Waals surface area contributed by atoms with Gasteiger partial charge in [0.15, 0.2) is 5.65 Å². The molecule has 1 fully saturated rings. The number of ether oxygens (including phenoxy) is 1. The average Bonchev–Trinajstić information content (AvgIpc) is 3.15. The maximum Gasteiger partial charge on any atom is 0.304 e. The molecule has 27 heavy (non-hydrogen) atoms. The van der Waals surface area contributed by atoms with Crippen LogP contribution in [0.2, 0.25) is 0 Å². The molecule has 2 aromatic heterocycles. The van der Waals surface area contributed by atoms with Crippen molar-refractivity contribution in [2.75, 3.05) is 5.75 Å². The number of imidazole rings is 1. The van der Waals surface area contributed by atoms with Crippen molar-refractivity contribution in [1.29, 1.82) is 0 Å². The molecule has 1 aromatic carbocycles. The lowest BCUT2D eigenvalue weighted by Crippen LogP contribution is -2.35. The van der Waals surface area contributed by atoms with Crippen molar-refractivity contribution in [2.45, 2.75) is 50.5 Å². The molecule has 0 saturated heterocycles. The van der Waals surface area contributed by atoms with E-state index in [1.807, 2.05) is 28.8 Å². The first-order valence-corrected chi connectivity index (χ1v) is 10.5. The maximum atomic E-state index is 10.9. The fourth-order valence-electron chi connectivity index (χ4n) is 4.02. The lowest BCUT2D eigenvalue weighted by Gasteiger charge is -2.34. The summed E-state index contributed by atoms with van der Waals surface area (Å²) in [5.41, 5.74) is 2.71. The van der Waals surface area contributed by atoms with Crippen molar-refractivity contribution in [2.24, 2.45) is 11.8 Å². The number of hydrogen-bond donors (Lipinski definition) is 2. The lowest BCUT2D eigenvalue weighted by atomic mass is 9.80. The topological polar surface area (TPSA) is 79.6 Å². The lowest BCUT2D eigenvalue weighted by molar-refractivity contribution is -0.136. The van der Waals surface area contributed by atoms with Gasteiger partial charge < -0.3 is 9.84 Å². The first-order valence-electron chi connectivity index (χ1n) is 9.55. The minimum absolute atomic E-state index is 0.109. The minimum atomic E-state index is -0.792. The Morgan fingerprint density at radius 2 is 2.07 bits per heavy atom. The molecule has 2 heterocycles. The van der Waals surface area contributed by atoms with E-state index in [1.54, 1.807) is 0 Å². The molecule has 0 spiro atoms. The van der Waals surface area contributed by atoms with Crippen molar-refractivity contribution >= 4 is 34.4 Å². The van der Waals surface area contributed by atoms with E-state index < -0.39 is 5.97 Å². The van der Waals surface area contributed by atoms with Crippen LogP contribution in [0.1, 0.15) is 39.5 Å². The summed E-state index contributed by atoms with van der Waals surface area (Å²) >= 11 is 1.50. The first kappa shape index (κ1) is 18.2. The van der Waals surface area contributed by atoms with E-state index in [2.05, 4.69) is 18.9 Å². The number of carbonyl (C=O) groups is 1. The molecule has 0 amide bonds. The molecule has 4 rings (SSSR count). The fourth-order valence-corrected chi connectivity index (χ4v) is 4.99. The van der Waals surface area contributed by atoms with E-state index in [1.165, 1.54) is 31.0 Å². The van der Waals surface area contributed by atoms with Gasteiger partial charge in [-0.15, -0.1) is 11.8 Å². The van der Waals surface area contributed by atoms with Crippen LogP contribution < -0.4 is 4.74 Å². The highest BCUT2D eigenvalue weighted by Crippen LogP contribution is 2.39. The summed E-state index contributed by atoms with van der Waals surface area (Å²) in [4.78, 5) is 16.6. The number of thioether (sulfide) groups is 1. The van der Waals surface area contributed by atoms with Gasteiger partial charge in [-0.05, 0) is 36.8 Å². The van der Waals surface area contributed by atoms with Gasteiger partial charge in [0.1, 0.15) is 11.0 Å². The third kappa shape index (κ3) is 3.52. The first-order chi connectivity index (χ1) is 13.0. The molecule has 3 aromatic rings. The van der Waals surface area contributed by atoms with E-state index >= 15 is 0 Å². The number of H-pyrrole nitrogens is 1. The number of nitrogens with zero attached hydrogens (tertiary/aromatic N) is 2. The number of aromatic nitrogens is 3. The molecule has 0 radical (unpaired) electrons. The number of fused-ring (bicyclic) bond motifs is 3. The van der Waals surface area contributed by atoms with Crippen LogP contribution >= 0.6 is 11.8 Å². The Morgan fingerprint density at radius 1 is 1.33 bits per heavy atom. The number of benzene rings is 1. The highest BCUT2D eigenvalue weighted by molar-refractivity contribution is 7.99. The van der Waals surface area contributed by atoms with E-state index in [-0.39, 0.29) is 12.5 Å². The van der Waals surface area contributed by atoms with Gasteiger partial charge in [-0.25, -0.2) is 9.50 Å². The van der Waals surface area contributed by atoms with E-state index in [0.29, 0.717) is 23.5 Å². The van der Waals surface area contributed by atoms with Gasteiger partial charge in [-0.1, -0.05) is 32.4 Å². The van der Waals surface area contributed by atoms with Crippen LogP contribution in [0.5, 0.6) is 5.88 Å². The number of para-hydroxylation sites is 2. The number of nitrogens with one attached hydrogen (secondary N) is 1. The molecule has 1 aliphatic carbocycles. The van der Waals surface area contributed by atoms with Crippen LogP contribution in [0, 0.1) is 11.8 Å². The number of rotatable bonds is 6. The van der Waals surface area contributed by atoms with Crippen molar-refractivity contribution in [3.63, 3.8) is 0 Å². The van der Waals surface area contributed by atoms with E-state index in [4.69, 9.17) is 14.8 Å². The number of carboxylic acids is 1. The molecule has 7 heteroatoms. The standard InChI is InChI=1S/C20H25N3O3S/c1-12-6-5-7-13(2)17(12)26-20-18(27-11-10-16(24)25)19-21-14-8-3-4-9-15(14)23(19)22-20/h3-4,8-9,12-13,17,22H,5-7,10-11H2,1-2H3,(H,24,25). The number of aliphatic carboxylic acids is 1. The quantitative estimate of drug-likeness (QED) is 0.605. The summed E-state index contributed by atoms with van der Waals surface area (Å²) in [5, 5.41) is 12.4. The maximum absolute atomic E-state index is 10.9. The zero-order valence-corrected chi connectivity index (χ0v) is 16.5. The van der Waals surface area contributed by atoms with Gasteiger partial charge in [0.2, 0.25) is 5.88 Å². The average molecular weight is 388 g/mol. The molecule has 2 atom stereocenters. The Morgan fingerprint density at radius 3 is 2.81 bits per heavy atom. The van der Waals surface area contributed by atoms with Crippen LogP contribution in [0.25, 0.3) is 16.7 Å². The smallest absolute Gasteiger partial charge is 0.304 e. The zero-order chi connectivity index (χ0) is 19.0. The van der Waals surface area contributed by atoms with Crippen LogP contribution in [0.15, 0.2) is 29.2 Å². The molecule has 2 unspecified atom stereocenters. The highest BCUT2D eigenvalue weighted by Gasteiger charge is 2.31. The summed E-state index contributed by atoms with van der Waals surface area (Å²) in [6, 6.07) is 7.95. The van der Waals surface area contributed by atoms with Gasteiger partial charge in [-0.2, -0.15) is 0 Å². The Bertz CT molecular complexity index is 954. The molecule has 0 bridgehead atoms. The van der Waals surface area contributed by atoms with Crippen LogP contribution in [-0.4, -0.2) is 37.5 Å². The summed E-state index contributed by atoms with van der Waals surface area (Å²) in [6.07, 6.45) is 3.88. The molecule has 1 saturated carbocycles. The predicted molar refractivity (Wildman–Crippen MR) is 107 cm³/mol. The monoisotopic (exact) mass is 387 g/mol. The van der Waals surface area contributed by atoms with Crippen molar-refractivity contribution in [3.8, 4) is 5.88 Å². The molecular formula is C20H25N3O3S. The molecule has 6 nitrogen and oxygen atoms in total. The second-order valence-electron chi connectivity index (χ2n) is 7.49. The third-order valence-electron chi connectivity index (χ3n) is 5.44. The van der Waals surface area contributed by atoms with E-state index in [0.717, 1.165) is 21.6 Å². The Balaban J connectivity index is 1.72. The predicted octanol–water partition coefficient (Wildman–Crippen LogP) is 4.59. The van der Waals surface area contributed by atoms with Crippen molar-refractivity contribution in [3.05, 3.63) is 24.3 Å². The third-order valence-corrected chi connectivity index (χ3v) is 6.51. The van der Waals surface area contributed by atoms with Crippen molar-refractivity contribution < 1.29 is 14.6 Å². The fraction of sp³-hybridized carbons (Fsp3) is 0.500. The van der Waals surface area contributed by atoms with Gasteiger partial charge in [0.05, 0.1) is 17.5 Å². The molecule has 144 valence electrons. The summed E-state index contributed by atoms with van der Waals surface area (Å²) in [6.45, 7) is 4.50. The van der Waals surface area contributed by atoms with E-state index in [9.17, 15) is 4.79 Å². The summed E-state index contributed by atoms with van der Waals surface area (Å²) < 4.78 is 8.43. The van der Waals surface area contributed by atoms with Crippen LogP contribution in [-0.2, 0) is 4.79 Å². The van der Waals surface area contributed by atoms with Gasteiger partial charge in [-0.3, -0.25) is 9.89 Å². The number of carboxylic acid groups (broad SMARTS) is 1. The number of hydrogen-bond acceptors (Lipinski definition) is 4. The highest BCUT2D eigenvalue weighted by atomic mass is 32.2. The summed E-state index contributed by atoms with van der Waals surface area (Å²) in [7, 11) is 0. The number of aromatic amines is 1. The SMILES string of the molecule is CC1CCCC(C)C1Oc1[nH]n2c(nc3ccccc32)c1SCCC(=O)O. The van der Waals surface area contributed by atoms with Gasteiger partial charge in [0.25, 0.3) is 0 Å². The van der Waals surface area contributed by atoms with Gasteiger partial charge in [0, 0.05) is 5.75 Å². The minimum Gasteiger partial charge on any atom is -0.481 e. The zero-order valence-electron chi connectivity index (χ0n) is 15.6. The van der Waals surface area contributed by atoms with Crippen LogP contribution in [0.3, 0.4) is 0 Å². The molecule has 2 N–H and O–H groups in total. The second kappa shape index (κ2) is 7.46. The largest absolute Gasteiger partial charge is 0.481 e.